The van der Waals surface area contributed by atoms with Crippen LogP contribution >= 0.6 is 0 Å². The van der Waals surface area contributed by atoms with Crippen LogP contribution < -0.4 is 10.6 Å². The van der Waals surface area contributed by atoms with Gasteiger partial charge in [-0.2, -0.15) is 15.1 Å². The lowest BCUT2D eigenvalue weighted by Gasteiger charge is -2.20. The predicted octanol–water partition coefficient (Wildman–Crippen LogP) is 4.60. The molecule has 5 rings (SSSR count). The van der Waals surface area contributed by atoms with Crippen molar-refractivity contribution in [1.82, 2.24) is 29.3 Å². The van der Waals surface area contributed by atoms with Gasteiger partial charge in [0.2, 0.25) is 17.8 Å². The van der Waals surface area contributed by atoms with Crippen LogP contribution in [0.15, 0.2) is 48.8 Å². The Hall–Kier alpha value is -3.75. The van der Waals surface area contributed by atoms with Gasteiger partial charge < -0.3 is 10.6 Å². The van der Waals surface area contributed by atoms with Gasteiger partial charge in [0.05, 0.1) is 0 Å². The number of rotatable bonds is 9. The minimum Gasteiger partial charge on any atom is -0.354 e. The van der Waals surface area contributed by atoms with E-state index in [1.807, 2.05) is 35.0 Å². The molecule has 3 heterocycles. The van der Waals surface area contributed by atoms with Gasteiger partial charge in [-0.25, -0.2) is 9.67 Å². The van der Waals surface area contributed by atoms with Gasteiger partial charge in [-0.3, -0.25) is 9.36 Å². The van der Waals surface area contributed by atoms with Gasteiger partial charge in [-0.15, -0.1) is 0 Å². The number of aromatic nitrogens is 6. The summed E-state index contributed by atoms with van der Waals surface area (Å²) >= 11 is 0. The lowest BCUT2D eigenvalue weighted by atomic mass is 9.89. The van der Waals surface area contributed by atoms with Gasteiger partial charge in [0.25, 0.3) is 0 Å². The summed E-state index contributed by atoms with van der Waals surface area (Å²) in [6.45, 7) is 3.52. The number of anilines is 2. The van der Waals surface area contributed by atoms with Crippen molar-refractivity contribution in [1.29, 1.82) is 0 Å². The van der Waals surface area contributed by atoms with Crippen LogP contribution in [0.4, 0.5) is 11.8 Å². The second kappa shape index (κ2) is 10.7. The molecule has 1 saturated carbocycles. The number of hydrogen-bond donors (Lipinski definition) is 2. The number of aryl methyl sites for hydroxylation is 1. The molecule has 0 bridgehead atoms. The fourth-order valence-electron chi connectivity index (χ4n) is 4.69. The minimum absolute atomic E-state index is 0.0191. The van der Waals surface area contributed by atoms with Gasteiger partial charge in [0.1, 0.15) is 0 Å². The van der Waals surface area contributed by atoms with Crippen molar-refractivity contribution < 1.29 is 4.79 Å². The van der Waals surface area contributed by atoms with E-state index >= 15 is 0 Å². The van der Waals surface area contributed by atoms with Crippen molar-refractivity contribution in [2.75, 3.05) is 17.2 Å². The molecule has 1 amide bonds. The van der Waals surface area contributed by atoms with E-state index in [2.05, 4.69) is 34.8 Å². The van der Waals surface area contributed by atoms with E-state index < -0.39 is 0 Å². The molecule has 9 nitrogen and oxygen atoms in total. The van der Waals surface area contributed by atoms with Crippen molar-refractivity contribution in [2.45, 2.75) is 58.4 Å². The first-order valence-corrected chi connectivity index (χ1v) is 12.6. The summed E-state index contributed by atoms with van der Waals surface area (Å²) < 4.78 is 3.77. The maximum absolute atomic E-state index is 13.1. The van der Waals surface area contributed by atoms with E-state index in [1.54, 1.807) is 10.9 Å². The van der Waals surface area contributed by atoms with Crippen LogP contribution in [-0.4, -0.2) is 41.8 Å². The van der Waals surface area contributed by atoms with E-state index in [9.17, 15) is 4.79 Å². The second-order valence-corrected chi connectivity index (χ2v) is 9.07. The molecule has 9 heteroatoms. The van der Waals surface area contributed by atoms with Crippen LogP contribution in [0.3, 0.4) is 0 Å². The molecule has 4 aromatic rings. The minimum atomic E-state index is 0.0191. The fourth-order valence-corrected chi connectivity index (χ4v) is 4.69. The molecule has 1 aliphatic rings. The maximum Gasteiger partial charge on any atom is 0.233 e. The number of hydrogen-bond acceptors (Lipinski definition) is 6. The monoisotopic (exact) mass is 472 g/mol. The third-order valence-corrected chi connectivity index (χ3v) is 6.49. The Morgan fingerprint density at radius 3 is 2.63 bits per heavy atom. The van der Waals surface area contributed by atoms with Gasteiger partial charge in [-0.1, -0.05) is 56.5 Å². The van der Waals surface area contributed by atoms with Gasteiger partial charge in [0.15, 0.2) is 17.0 Å². The Labute approximate surface area is 205 Å². The molecule has 35 heavy (non-hydrogen) atoms. The molecule has 2 N–H and O–H groups in total. The third kappa shape index (κ3) is 5.18. The molecular formula is C26H32N8O. The smallest absolute Gasteiger partial charge is 0.233 e. The summed E-state index contributed by atoms with van der Waals surface area (Å²) in [6, 6.07) is 12.2. The van der Waals surface area contributed by atoms with Crippen molar-refractivity contribution in [3.05, 3.63) is 54.4 Å². The zero-order chi connectivity index (χ0) is 24.0. The Balaban J connectivity index is 1.49. The van der Waals surface area contributed by atoms with Crippen LogP contribution in [-0.2, 0) is 17.8 Å². The van der Waals surface area contributed by atoms with Crippen LogP contribution in [0, 0.1) is 5.92 Å². The number of carbonyl (C=O) groups is 1. The zero-order valence-electron chi connectivity index (χ0n) is 20.2. The molecule has 3 aromatic heterocycles. The Morgan fingerprint density at radius 2 is 1.89 bits per heavy atom. The van der Waals surface area contributed by atoms with Crippen molar-refractivity contribution in [3.8, 4) is 5.95 Å². The van der Waals surface area contributed by atoms with E-state index in [4.69, 9.17) is 15.0 Å². The quantitative estimate of drug-likeness (QED) is 0.369. The summed E-state index contributed by atoms with van der Waals surface area (Å²) in [5.41, 5.74) is 2.51. The maximum atomic E-state index is 13.1. The molecule has 0 spiro atoms. The Morgan fingerprint density at radius 1 is 1.06 bits per heavy atom. The third-order valence-electron chi connectivity index (χ3n) is 6.49. The summed E-state index contributed by atoms with van der Waals surface area (Å²) in [5, 5.41) is 10.8. The largest absolute Gasteiger partial charge is 0.354 e. The van der Waals surface area contributed by atoms with Crippen molar-refractivity contribution in [2.24, 2.45) is 5.92 Å². The van der Waals surface area contributed by atoms with Crippen LogP contribution in [0.2, 0.25) is 0 Å². The van der Waals surface area contributed by atoms with Crippen molar-refractivity contribution in [3.63, 3.8) is 0 Å². The van der Waals surface area contributed by atoms with Gasteiger partial charge >= 0.3 is 0 Å². The molecule has 1 fully saturated rings. The van der Waals surface area contributed by atoms with Crippen LogP contribution in [0.5, 0.6) is 0 Å². The molecule has 1 aromatic carbocycles. The summed E-state index contributed by atoms with van der Waals surface area (Å²) in [6.07, 6.45) is 10.6. The lowest BCUT2D eigenvalue weighted by molar-refractivity contribution is -0.120. The average molecular weight is 473 g/mol. The highest BCUT2D eigenvalue weighted by atomic mass is 16.2. The predicted molar refractivity (Wildman–Crippen MR) is 137 cm³/mol. The number of amides is 1. The van der Waals surface area contributed by atoms with E-state index in [1.165, 1.54) is 12.0 Å². The highest BCUT2D eigenvalue weighted by Crippen LogP contribution is 2.28. The molecule has 0 saturated heterocycles. The average Bonchev–Trinajstić information content (AvgIpc) is 3.54. The second-order valence-electron chi connectivity index (χ2n) is 9.07. The molecular weight excluding hydrogens is 440 g/mol. The number of nitrogens with one attached hydrogen (secondary N) is 2. The SMILES string of the molecule is CCCn1c(-n2cccn2)nc2c(NC(=O)C3CCCCC3)nc(NCCc3ccccc3)nc21. The Kier molecular flexibility index (Phi) is 7.02. The first-order valence-electron chi connectivity index (χ1n) is 12.6. The molecule has 182 valence electrons. The summed E-state index contributed by atoms with van der Waals surface area (Å²) in [4.78, 5) is 27.5. The van der Waals surface area contributed by atoms with Crippen LogP contribution in [0.1, 0.15) is 51.0 Å². The highest BCUT2D eigenvalue weighted by Gasteiger charge is 2.25. The fraction of sp³-hybridized carbons (Fsp3) is 0.423. The molecule has 0 radical (unpaired) electrons. The van der Waals surface area contributed by atoms with Crippen molar-refractivity contribution >= 4 is 28.8 Å². The molecule has 0 unspecified atom stereocenters. The molecule has 0 aliphatic heterocycles. The number of fused-ring (bicyclic) bond motifs is 1. The standard InChI is InChI=1S/C26H32N8O/c1-2-17-33-23-21(29-26(33)34-18-9-15-28-34)22(30-24(35)20-12-7-4-8-13-20)31-25(32-23)27-16-14-19-10-5-3-6-11-19/h3,5-6,9-11,15,18,20H,2,4,7-8,12-14,16-17H2,1H3,(H2,27,30,31,32,35). The first-order chi connectivity index (χ1) is 17.2. The number of benzene rings is 1. The van der Waals surface area contributed by atoms with Gasteiger partial charge in [-0.05, 0) is 37.3 Å². The summed E-state index contributed by atoms with van der Waals surface area (Å²) in [5.74, 6) is 1.64. The zero-order valence-corrected chi connectivity index (χ0v) is 20.2. The van der Waals surface area contributed by atoms with E-state index in [0.717, 1.165) is 45.1 Å². The number of nitrogens with zero attached hydrogens (tertiary/aromatic N) is 6. The lowest BCUT2D eigenvalue weighted by Crippen LogP contribution is -2.25. The number of carbonyl (C=O) groups excluding carboxylic acids is 1. The summed E-state index contributed by atoms with van der Waals surface area (Å²) in [7, 11) is 0. The first kappa shape index (κ1) is 23.0. The van der Waals surface area contributed by atoms with E-state index in [0.29, 0.717) is 35.4 Å². The highest BCUT2D eigenvalue weighted by molar-refractivity contribution is 5.98. The normalized spacial score (nSPS) is 14.3. The van der Waals surface area contributed by atoms with Gasteiger partial charge in [0, 0.05) is 31.4 Å². The molecule has 0 atom stereocenters. The number of imidazole rings is 1. The topological polar surface area (TPSA) is 103 Å². The van der Waals surface area contributed by atoms with Crippen LogP contribution in [0.25, 0.3) is 17.1 Å². The molecule has 1 aliphatic carbocycles. The Bertz CT molecular complexity index is 1260. The van der Waals surface area contributed by atoms with E-state index in [-0.39, 0.29) is 11.8 Å².